The number of hydrogen-bond donors (Lipinski definition) is 0. The summed E-state index contributed by atoms with van der Waals surface area (Å²) in [4.78, 5) is 4.22. The maximum absolute atomic E-state index is 5.17. The van der Waals surface area contributed by atoms with Crippen LogP contribution in [0.2, 0.25) is 0 Å². The Morgan fingerprint density at radius 1 is 1.12 bits per heavy atom. The van der Waals surface area contributed by atoms with E-state index in [-0.39, 0.29) is 0 Å². The molecule has 0 saturated carbocycles. The number of aromatic nitrogens is 2. The van der Waals surface area contributed by atoms with Gasteiger partial charge in [0.05, 0.1) is 18.3 Å². The SMILES string of the molecule is COCCn1c2ccccc2c2ccncc21. The maximum Gasteiger partial charge on any atom is 0.0678 e. The van der Waals surface area contributed by atoms with Crippen LogP contribution in [-0.2, 0) is 11.3 Å². The first-order valence-electron chi connectivity index (χ1n) is 5.71. The zero-order valence-corrected chi connectivity index (χ0v) is 9.76. The van der Waals surface area contributed by atoms with Crippen LogP contribution in [0.15, 0.2) is 42.7 Å². The summed E-state index contributed by atoms with van der Waals surface area (Å²) >= 11 is 0. The molecule has 86 valence electrons. The number of methoxy groups -OCH3 is 1. The third kappa shape index (κ3) is 1.59. The molecule has 0 unspecified atom stereocenters. The highest BCUT2D eigenvalue weighted by Gasteiger charge is 2.08. The van der Waals surface area contributed by atoms with Crippen LogP contribution in [0.25, 0.3) is 21.8 Å². The molecule has 3 rings (SSSR count). The quantitative estimate of drug-likeness (QED) is 0.686. The first kappa shape index (κ1) is 10.3. The number of ether oxygens (including phenoxy) is 1. The average molecular weight is 226 g/mol. The summed E-state index contributed by atoms with van der Waals surface area (Å²) in [6.45, 7) is 1.56. The van der Waals surface area contributed by atoms with Crippen molar-refractivity contribution in [1.29, 1.82) is 0 Å². The Bertz CT molecular complexity index is 604. The minimum absolute atomic E-state index is 0.711. The Morgan fingerprint density at radius 3 is 2.82 bits per heavy atom. The molecule has 0 aliphatic rings. The first-order chi connectivity index (χ1) is 8.42. The van der Waals surface area contributed by atoms with Crippen LogP contribution in [0.5, 0.6) is 0 Å². The van der Waals surface area contributed by atoms with Crippen molar-refractivity contribution in [2.24, 2.45) is 0 Å². The molecule has 2 heterocycles. The monoisotopic (exact) mass is 226 g/mol. The second-order valence-corrected chi connectivity index (χ2v) is 4.05. The molecule has 3 nitrogen and oxygen atoms in total. The van der Waals surface area contributed by atoms with Gasteiger partial charge in [-0.25, -0.2) is 0 Å². The third-order valence-electron chi connectivity index (χ3n) is 3.09. The minimum Gasteiger partial charge on any atom is -0.383 e. The molecular formula is C14H14N2O. The molecule has 0 radical (unpaired) electrons. The summed E-state index contributed by atoms with van der Waals surface area (Å²) in [5, 5.41) is 2.53. The normalized spacial score (nSPS) is 11.4. The fraction of sp³-hybridized carbons (Fsp3) is 0.214. The summed E-state index contributed by atoms with van der Waals surface area (Å²) < 4.78 is 7.44. The van der Waals surface area contributed by atoms with Crippen LogP contribution in [-0.4, -0.2) is 23.3 Å². The number of nitrogens with zero attached hydrogens (tertiary/aromatic N) is 2. The highest BCUT2D eigenvalue weighted by atomic mass is 16.5. The molecule has 0 aliphatic heterocycles. The highest BCUT2D eigenvalue weighted by Crippen LogP contribution is 2.27. The van der Waals surface area contributed by atoms with Crippen molar-refractivity contribution in [3.63, 3.8) is 0 Å². The molecule has 3 aromatic rings. The van der Waals surface area contributed by atoms with E-state index in [1.807, 2.05) is 12.4 Å². The number of para-hydroxylation sites is 1. The smallest absolute Gasteiger partial charge is 0.0678 e. The molecule has 0 N–H and O–H groups in total. The Kier molecular flexibility index (Phi) is 2.53. The molecular weight excluding hydrogens is 212 g/mol. The second-order valence-electron chi connectivity index (χ2n) is 4.05. The summed E-state index contributed by atoms with van der Waals surface area (Å²) in [5.74, 6) is 0. The van der Waals surface area contributed by atoms with E-state index in [2.05, 4.69) is 39.9 Å². The van der Waals surface area contributed by atoms with Crippen molar-refractivity contribution in [3.05, 3.63) is 42.7 Å². The summed E-state index contributed by atoms with van der Waals surface area (Å²) in [7, 11) is 1.73. The van der Waals surface area contributed by atoms with Gasteiger partial charge in [0.25, 0.3) is 0 Å². The van der Waals surface area contributed by atoms with Crippen molar-refractivity contribution in [1.82, 2.24) is 9.55 Å². The van der Waals surface area contributed by atoms with Crippen molar-refractivity contribution in [3.8, 4) is 0 Å². The van der Waals surface area contributed by atoms with E-state index in [0.29, 0.717) is 6.61 Å². The van der Waals surface area contributed by atoms with Crippen molar-refractivity contribution < 1.29 is 4.74 Å². The lowest BCUT2D eigenvalue weighted by Gasteiger charge is -2.05. The Labute approximate surface area is 99.6 Å². The molecule has 0 amide bonds. The third-order valence-corrected chi connectivity index (χ3v) is 3.09. The van der Waals surface area contributed by atoms with Gasteiger partial charge < -0.3 is 9.30 Å². The summed E-state index contributed by atoms with van der Waals surface area (Å²) in [5.41, 5.74) is 2.42. The van der Waals surface area contributed by atoms with Crippen LogP contribution in [0.4, 0.5) is 0 Å². The maximum atomic E-state index is 5.17. The number of pyridine rings is 1. The van der Waals surface area contributed by atoms with Gasteiger partial charge in [-0.15, -0.1) is 0 Å². The molecule has 0 aliphatic carbocycles. The van der Waals surface area contributed by atoms with Crippen molar-refractivity contribution in [2.45, 2.75) is 6.54 Å². The molecule has 1 aromatic carbocycles. The zero-order chi connectivity index (χ0) is 11.7. The zero-order valence-electron chi connectivity index (χ0n) is 9.76. The molecule has 0 fully saturated rings. The largest absolute Gasteiger partial charge is 0.383 e. The minimum atomic E-state index is 0.711. The molecule has 17 heavy (non-hydrogen) atoms. The van der Waals surface area contributed by atoms with E-state index in [4.69, 9.17) is 4.74 Å². The summed E-state index contributed by atoms with van der Waals surface area (Å²) in [6.07, 6.45) is 3.76. The fourth-order valence-electron chi connectivity index (χ4n) is 2.32. The summed E-state index contributed by atoms with van der Waals surface area (Å²) in [6, 6.07) is 10.5. The molecule has 0 saturated heterocycles. The van der Waals surface area contributed by atoms with E-state index in [1.54, 1.807) is 7.11 Å². The van der Waals surface area contributed by atoms with Crippen molar-refractivity contribution in [2.75, 3.05) is 13.7 Å². The number of hydrogen-bond acceptors (Lipinski definition) is 2. The van der Waals surface area contributed by atoms with Crippen LogP contribution in [0.1, 0.15) is 0 Å². The number of fused-ring (bicyclic) bond motifs is 3. The molecule has 0 atom stereocenters. The van der Waals surface area contributed by atoms with Gasteiger partial charge in [0, 0.05) is 36.1 Å². The van der Waals surface area contributed by atoms with Gasteiger partial charge in [-0.3, -0.25) is 4.98 Å². The Hall–Kier alpha value is -1.87. The van der Waals surface area contributed by atoms with Crippen LogP contribution in [0.3, 0.4) is 0 Å². The van der Waals surface area contributed by atoms with Crippen LogP contribution < -0.4 is 0 Å². The van der Waals surface area contributed by atoms with Crippen LogP contribution in [0, 0.1) is 0 Å². The lowest BCUT2D eigenvalue weighted by Crippen LogP contribution is -2.03. The average Bonchev–Trinajstić information content (AvgIpc) is 2.71. The topological polar surface area (TPSA) is 27.1 Å². The number of benzene rings is 1. The van der Waals surface area contributed by atoms with E-state index < -0.39 is 0 Å². The first-order valence-corrected chi connectivity index (χ1v) is 5.71. The second kappa shape index (κ2) is 4.18. The van der Waals surface area contributed by atoms with E-state index in [1.165, 1.54) is 21.8 Å². The Balaban J connectivity index is 2.33. The van der Waals surface area contributed by atoms with Gasteiger partial charge in [0.15, 0.2) is 0 Å². The standard InChI is InChI=1S/C14H14N2O/c1-17-9-8-16-13-5-3-2-4-11(13)12-6-7-15-10-14(12)16/h2-7,10H,8-9H2,1H3. The predicted molar refractivity (Wildman–Crippen MR) is 69.1 cm³/mol. The van der Waals surface area contributed by atoms with Gasteiger partial charge >= 0.3 is 0 Å². The van der Waals surface area contributed by atoms with E-state index >= 15 is 0 Å². The van der Waals surface area contributed by atoms with Gasteiger partial charge in [-0.1, -0.05) is 18.2 Å². The van der Waals surface area contributed by atoms with Gasteiger partial charge in [0.1, 0.15) is 0 Å². The molecule has 0 bridgehead atoms. The number of rotatable bonds is 3. The van der Waals surface area contributed by atoms with Gasteiger partial charge in [-0.05, 0) is 12.1 Å². The van der Waals surface area contributed by atoms with E-state index in [9.17, 15) is 0 Å². The fourth-order valence-corrected chi connectivity index (χ4v) is 2.32. The highest BCUT2D eigenvalue weighted by molar-refractivity contribution is 6.07. The Morgan fingerprint density at radius 2 is 1.94 bits per heavy atom. The lowest BCUT2D eigenvalue weighted by atomic mass is 10.2. The molecule has 2 aromatic heterocycles. The molecule has 0 spiro atoms. The van der Waals surface area contributed by atoms with E-state index in [0.717, 1.165) is 6.54 Å². The lowest BCUT2D eigenvalue weighted by molar-refractivity contribution is 0.189. The van der Waals surface area contributed by atoms with Crippen molar-refractivity contribution >= 4 is 21.8 Å². The molecule has 3 heteroatoms. The van der Waals surface area contributed by atoms with Crippen LogP contribution >= 0.6 is 0 Å². The van der Waals surface area contributed by atoms with Gasteiger partial charge in [0.2, 0.25) is 0 Å². The predicted octanol–water partition coefficient (Wildman–Crippen LogP) is 2.84. The van der Waals surface area contributed by atoms with Gasteiger partial charge in [-0.2, -0.15) is 0 Å².